The summed E-state index contributed by atoms with van der Waals surface area (Å²) in [5.74, 6) is 4.07. The molecule has 6 N–H and O–H groups in total. The summed E-state index contributed by atoms with van der Waals surface area (Å²) >= 11 is 0. The summed E-state index contributed by atoms with van der Waals surface area (Å²) < 4.78 is 0. The Bertz CT molecular complexity index is 1500. The lowest BCUT2D eigenvalue weighted by molar-refractivity contribution is 0.0943. The van der Waals surface area contributed by atoms with Crippen molar-refractivity contribution in [1.29, 1.82) is 0 Å². The highest BCUT2D eigenvalue weighted by Gasteiger charge is 2.12. The number of phenols is 2. The van der Waals surface area contributed by atoms with Crippen molar-refractivity contribution in [3.63, 3.8) is 0 Å². The Balaban J connectivity index is 0.000000237. The molecule has 41 heavy (non-hydrogen) atoms. The summed E-state index contributed by atoms with van der Waals surface area (Å²) in [7, 11) is 0. The number of ketones is 1. The van der Waals surface area contributed by atoms with Crippen molar-refractivity contribution in [3.05, 3.63) is 130 Å². The minimum atomic E-state index is -0.490. The van der Waals surface area contributed by atoms with Crippen LogP contribution >= 0.6 is 0 Å². The average Bonchev–Trinajstić information content (AvgIpc) is 2.99. The number of nitrogen functional groups attached to an aromatic ring is 1. The molecule has 2 amide bonds. The van der Waals surface area contributed by atoms with Gasteiger partial charge < -0.3 is 10.2 Å². The van der Waals surface area contributed by atoms with E-state index in [1.54, 1.807) is 51.1 Å². The molecule has 9 heteroatoms. The number of carbonyl (C=O) groups is 3. The zero-order chi connectivity index (χ0) is 30.4. The smallest absolute Gasteiger partial charge is 0.275 e. The van der Waals surface area contributed by atoms with Crippen LogP contribution in [-0.4, -0.2) is 33.5 Å². The van der Waals surface area contributed by atoms with Crippen LogP contribution in [0.2, 0.25) is 0 Å². The molecule has 9 nitrogen and oxygen atoms in total. The first-order valence-electron chi connectivity index (χ1n) is 12.6. The third-order valence-corrected chi connectivity index (χ3v) is 5.79. The van der Waals surface area contributed by atoms with Gasteiger partial charge in [-0.2, -0.15) is 5.10 Å². The molecule has 0 radical (unpaired) electrons. The van der Waals surface area contributed by atoms with Crippen LogP contribution in [0.5, 0.6) is 11.5 Å². The number of amides is 2. The summed E-state index contributed by atoms with van der Waals surface area (Å²) in [6.07, 6.45) is 0. The second-order valence-corrected chi connectivity index (χ2v) is 8.84. The van der Waals surface area contributed by atoms with Crippen LogP contribution in [0.15, 0.2) is 102 Å². The first kappa shape index (κ1) is 31.9. The Morgan fingerprint density at radius 3 is 1.49 bits per heavy atom. The fourth-order valence-electron chi connectivity index (χ4n) is 3.37. The number of para-hydroxylation sites is 2. The molecular formula is C32H34N4O5. The number of aryl methyl sites for hydroxylation is 2. The first-order valence-corrected chi connectivity index (χ1v) is 12.6. The number of hydrogen-bond acceptors (Lipinski definition) is 7. The number of Topliss-reactive ketones (excluding diaryl/α,β-unsaturated/α-hetero) is 1. The lowest BCUT2D eigenvalue weighted by Crippen LogP contribution is -2.30. The topological polar surface area (TPSA) is 154 Å². The summed E-state index contributed by atoms with van der Waals surface area (Å²) in [4.78, 5) is 33.6. The maximum Gasteiger partial charge on any atom is 0.275 e. The van der Waals surface area contributed by atoms with Gasteiger partial charge in [-0.3, -0.25) is 19.8 Å². The number of nitrogens with zero attached hydrogens (tertiary/aromatic N) is 1. The Kier molecular flexibility index (Phi) is 12.4. The van der Waals surface area contributed by atoms with Crippen LogP contribution in [0.3, 0.4) is 0 Å². The summed E-state index contributed by atoms with van der Waals surface area (Å²) in [5, 5.41) is 23.3. The number of aromatic hydroxyl groups is 2. The Morgan fingerprint density at radius 1 is 0.634 bits per heavy atom. The number of benzene rings is 4. The van der Waals surface area contributed by atoms with Gasteiger partial charge in [-0.05, 0) is 56.5 Å². The van der Waals surface area contributed by atoms with E-state index in [-0.39, 0.29) is 28.4 Å². The van der Waals surface area contributed by atoms with Crippen LogP contribution in [0.1, 0.15) is 61.6 Å². The average molecular weight is 555 g/mol. The number of hydrazine groups is 1. The number of carbonyl (C=O) groups excluding carboxylic acids is 3. The third kappa shape index (κ3) is 9.76. The minimum Gasteiger partial charge on any atom is -0.507 e. The zero-order valence-electron chi connectivity index (χ0n) is 23.4. The fraction of sp³-hybridized carbons (Fsp3) is 0.125. The predicted molar refractivity (Wildman–Crippen MR) is 160 cm³/mol. The van der Waals surface area contributed by atoms with Crippen LogP contribution in [0.4, 0.5) is 0 Å². The summed E-state index contributed by atoms with van der Waals surface area (Å²) in [6.45, 7) is 6.83. The van der Waals surface area contributed by atoms with Gasteiger partial charge in [0.15, 0.2) is 5.78 Å². The monoisotopic (exact) mass is 554 g/mol. The maximum absolute atomic E-state index is 12.0. The summed E-state index contributed by atoms with van der Waals surface area (Å²) in [5.41, 5.74) is 8.52. The SMILES string of the molecule is C/C(=N\NC(=O)c1cccc(C)c1O)c1ccccc1.CC(=O)c1ccccc1.Cc1cccc(C(=O)NN)c1O. The quantitative estimate of drug-likeness (QED) is 0.0765. The van der Waals surface area contributed by atoms with Gasteiger partial charge >= 0.3 is 0 Å². The van der Waals surface area contributed by atoms with Gasteiger partial charge in [-0.15, -0.1) is 0 Å². The minimum absolute atomic E-state index is 0.0161. The van der Waals surface area contributed by atoms with Crippen LogP contribution in [-0.2, 0) is 0 Å². The van der Waals surface area contributed by atoms with Crippen molar-refractivity contribution in [2.24, 2.45) is 10.9 Å². The van der Waals surface area contributed by atoms with E-state index in [0.717, 1.165) is 11.1 Å². The molecular weight excluding hydrogens is 520 g/mol. The number of hydrazone groups is 1. The van der Waals surface area contributed by atoms with Gasteiger partial charge in [0.1, 0.15) is 11.5 Å². The Hall–Kier alpha value is -5.28. The highest BCUT2D eigenvalue weighted by atomic mass is 16.3. The second-order valence-electron chi connectivity index (χ2n) is 8.84. The molecule has 4 aromatic rings. The van der Waals surface area contributed by atoms with Gasteiger partial charge in [0.2, 0.25) is 0 Å². The summed E-state index contributed by atoms with van der Waals surface area (Å²) in [6, 6.07) is 28.7. The standard InChI is InChI=1S/C16H16N2O2.C8H10N2O2.C8H8O/c1-11-7-6-10-14(15(11)19)16(20)18-17-12(2)13-8-4-3-5-9-13;1-5-3-2-4-6(7(5)11)8(12)10-9;1-7(9)8-5-3-2-4-6-8/h3-10,19H,1-2H3,(H,18,20);2-4,11H,9H2,1H3,(H,10,12);2-6H,1H3/b17-12+;;. The first-order chi connectivity index (χ1) is 19.6. The van der Waals surface area contributed by atoms with Crippen LogP contribution in [0.25, 0.3) is 0 Å². The van der Waals surface area contributed by atoms with Crippen molar-refractivity contribution >= 4 is 23.3 Å². The van der Waals surface area contributed by atoms with E-state index in [4.69, 9.17) is 5.84 Å². The van der Waals surface area contributed by atoms with Gasteiger partial charge in [-0.25, -0.2) is 11.3 Å². The lowest BCUT2D eigenvalue weighted by atomic mass is 10.1. The van der Waals surface area contributed by atoms with E-state index >= 15 is 0 Å². The highest BCUT2D eigenvalue weighted by Crippen LogP contribution is 2.21. The Morgan fingerprint density at radius 2 is 1.07 bits per heavy atom. The van der Waals surface area contributed by atoms with E-state index in [0.29, 0.717) is 16.8 Å². The normalized spacial score (nSPS) is 10.2. The molecule has 0 saturated carbocycles. The number of nitrogens with two attached hydrogens (primary N) is 1. The second kappa shape index (κ2) is 16.0. The van der Waals surface area contributed by atoms with E-state index < -0.39 is 11.8 Å². The molecule has 0 aliphatic rings. The number of rotatable bonds is 5. The molecule has 0 unspecified atom stereocenters. The molecule has 212 valence electrons. The van der Waals surface area contributed by atoms with E-state index in [1.807, 2.05) is 73.0 Å². The molecule has 0 bridgehead atoms. The number of hydrogen-bond donors (Lipinski definition) is 5. The Labute approximate surface area is 239 Å². The van der Waals surface area contributed by atoms with Crippen LogP contribution < -0.4 is 16.7 Å². The molecule has 4 rings (SSSR count). The molecule has 0 saturated heterocycles. The largest absolute Gasteiger partial charge is 0.507 e. The third-order valence-electron chi connectivity index (χ3n) is 5.79. The maximum atomic E-state index is 12.0. The van der Waals surface area contributed by atoms with Gasteiger partial charge in [0.25, 0.3) is 11.8 Å². The molecule has 0 spiro atoms. The lowest BCUT2D eigenvalue weighted by Gasteiger charge is -2.06. The van der Waals surface area contributed by atoms with Gasteiger partial charge in [0.05, 0.1) is 16.8 Å². The van der Waals surface area contributed by atoms with Gasteiger partial charge in [-0.1, -0.05) is 84.9 Å². The fourth-order valence-corrected chi connectivity index (χ4v) is 3.37. The molecule has 0 aromatic heterocycles. The molecule has 4 aromatic carbocycles. The molecule has 0 fully saturated rings. The molecule has 0 aliphatic heterocycles. The van der Waals surface area contributed by atoms with Crippen molar-refractivity contribution in [2.45, 2.75) is 27.7 Å². The van der Waals surface area contributed by atoms with Crippen molar-refractivity contribution in [1.82, 2.24) is 10.9 Å². The molecule has 0 heterocycles. The van der Waals surface area contributed by atoms with E-state index in [1.165, 1.54) is 6.07 Å². The molecule has 0 aliphatic carbocycles. The van der Waals surface area contributed by atoms with Crippen molar-refractivity contribution < 1.29 is 24.6 Å². The van der Waals surface area contributed by atoms with E-state index in [9.17, 15) is 24.6 Å². The predicted octanol–water partition coefficient (Wildman–Crippen LogP) is 5.05. The number of phenolic OH excluding ortho intramolecular Hbond substituents is 2. The van der Waals surface area contributed by atoms with E-state index in [2.05, 4.69) is 10.5 Å². The van der Waals surface area contributed by atoms with Gasteiger partial charge in [0, 0.05) is 5.56 Å². The van der Waals surface area contributed by atoms with Crippen molar-refractivity contribution in [3.8, 4) is 11.5 Å². The zero-order valence-corrected chi connectivity index (χ0v) is 23.4. The van der Waals surface area contributed by atoms with Crippen molar-refractivity contribution in [2.75, 3.05) is 0 Å². The molecule has 0 atom stereocenters. The highest BCUT2D eigenvalue weighted by molar-refractivity contribution is 6.01. The van der Waals surface area contributed by atoms with Crippen LogP contribution in [0, 0.1) is 13.8 Å². The number of nitrogens with one attached hydrogen (secondary N) is 2.